The zero-order chi connectivity index (χ0) is 25.9. The molecule has 0 aromatic heterocycles. The fourth-order valence-corrected chi connectivity index (χ4v) is 4.96. The molecule has 9 nitrogen and oxygen atoms in total. The van der Waals surface area contributed by atoms with Crippen LogP contribution in [0.1, 0.15) is 48.8 Å². The molecule has 1 aliphatic heterocycles. The number of benzene rings is 2. The third-order valence-electron chi connectivity index (χ3n) is 6.06. The monoisotopic (exact) mass is 509 g/mol. The zero-order valence-electron chi connectivity index (χ0n) is 19.2. The Kier molecular flexibility index (Phi) is 7.33. The molecule has 1 saturated carbocycles. The van der Waals surface area contributed by atoms with Crippen molar-refractivity contribution in [3.8, 4) is 11.8 Å². The van der Waals surface area contributed by atoms with Gasteiger partial charge in [0.05, 0.1) is 12.2 Å². The predicted octanol–water partition coefficient (Wildman–Crippen LogP) is 2.20. The molecule has 10 heteroatoms. The number of para-hydroxylation sites is 1. The lowest BCUT2D eigenvalue weighted by Crippen LogP contribution is -2.33. The summed E-state index contributed by atoms with van der Waals surface area (Å²) in [6.45, 7) is 0.351. The van der Waals surface area contributed by atoms with Crippen LogP contribution in [0.4, 0.5) is 5.69 Å². The number of amides is 1. The van der Waals surface area contributed by atoms with Crippen molar-refractivity contribution in [2.75, 3.05) is 4.90 Å². The second-order valence-electron chi connectivity index (χ2n) is 8.56. The van der Waals surface area contributed by atoms with Gasteiger partial charge in [0.25, 0.3) is 10.1 Å². The third-order valence-corrected chi connectivity index (χ3v) is 7.18. The van der Waals surface area contributed by atoms with Gasteiger partial charge in [0.1, 0.15) is 0 Å². The van der Waals surface area contributed by atoms with E-state index in [0.717, 1.165) is 16.7 Å². The van der Waals surface area contributed by atoms with E-state index in [1.54, 1.807) is 4.90 Å². The first-order chi connectivity index (χ1) is 17.1. The van der Waals surface area contributed by atoms with Crippen LogP contribution in [0.2, 0.25) is 0 Å². The summed E-state index contributed by atoms with van der Waals surface area (Å²) in [6, 6.07) is 15.0. The first kappa shape index (κ1) is 25.3. The Bertz CT molecular complexity index is 1400. The molecule has 2 atom stereocenters. The number of carbonyl (C=O) groups excluding carboxylic acids is 4. The van der Waals surface area contributed by atoms with Crippen LogP contribution in [0.5, 0.6) is 0 Å². The van der Waals surface area contributed by atoms with Crippen LogP contribution in [-0.4, -0.2) is 47.8 Å². The van der Waals surface area contributed by atoms with Crippen LogP contribution >= 0.6 is 0 Å². The highest BCUT2D eigenvalue weighted by atomic mass is 32.2. The fraction of sp³-hybridized carbons (Fsp3) is 0.308. The van der Waals surface area contributed by atoms with E-state index >= 15 is 0 Å². The van der Waals surface area contributed by atoms with Crippen molar-refractivity contribution in [2.24, 2.45) is 0 Å². The van der Waals surface area contributed by atoms with Crippen molar-refractivity contribution >= 4 is 39.2 Å². The molecule has 2 aliphatic rings. The Morgan fingerprint density at radius 1 is 0.972 bits per heavy atom. The highest BCUT2D eigenvalue weighted by molar-refractivity contribution is 7.87. The van der Waals surface area contributed by atoms with Crippen molar-refractivity contribution in [1.82, 2.24) is 0 Å². The molecule has 1 amide bonds. The lowest BCUT2D eigenvalue weighted by Gasteiger charge is -2.26. The second kappa shape index (κ2) is 10.4. The molecule has 4 rings (SSSR count). The number of ketones is 2. The normalized spacial score (nSPS) is 18.9. The Morgan fingerprint density at radius 2 is 1.61 bits per heavy atom. The van der Waals surface area contributed by atoms with Crippen LogP contribution in [0, 0.1) is 11.8 Å². The summed E-state index contributed by atoms with van der Waals surface area (Å²) < 4.78 is 36.4. The quantitative estimate of drug-likeness (QED) is 0.197. The molecule has 2 aromatic carbocycles. The van der Waals surface area contributed by atoms with Gasteiger partial charge in [-0.15, -0.1) is 0 Å². The van der Waals surface area contributed by atoms with Gasteiger partial charge in [0.15, 0.2) is 11.0 Å². The van der Waals surface area contributed by atoms with E-state index in [2.05, 4.69) is 11.8 Å². The second-order valence-corrected chi connectivity index (χ2v) is 10.2. The molecule has 0 spiro atoms. The van der Waals surface area contributed by atoms with Crippen molar-refractivity contribution < 1.29 is 36.9 Å². The minimum atomic E-state index is -4.75. The molecular formula is C26H23NO8S. The lowest BCUT2D eigenvalue weighted by molar-refractivity contribution is -0.157. The van der Waals surface area contributed by atoms with E-state index in [-0.39, 0.29) is 25.2 Å². The summed E-state index contributed by atoms with van der Waals surface area (Å²) in [4.78, 5) is 50.9. The summed E-state index contributed by atoms with van der Waals surface area (Å²) in [7, 11) is -4.75. The third kappa shape index (κ3) is 5.53. The highest BCUT2D eigenvalue weighted by Crippen LogP contribution is 2.26. The number of ether oxygens (including phenoxy) is 1. The molecule has 1 unspecified atom stereocenters. The van der Waals surface area contributed by atoms with Crippen LogP contribution in [0.3, 0.4) is 0 Å². The molecule has 1 fully saturated rings. The number of carbonyl (C=O) groups is 4. The average Bonchev–Trinajstić information content (AvgIpc) is 3.12. The van der Waals surface area contributed by atoms with Crippen molar-refractivity contribution in [3.63, 3.8) is 0 Å². The van der Waals surface area contributed by atoms with Gasteiger partial charge < -0.3 is 9.64 Å². The number of fused-ring (bicyclic) bond motifs is 2. The summed E-state index contributed by atoms with van der Waals surface area (Å²) in [5.74, 6) is 3.27. The van der Waals surface area contributed by atoms with E-state index in [0.29, 0.717) is 18.7 Å². The van der Waals surface area contributed by atoms with Gasteiger partial charge in [0, 0.05) is 30.4 Å². The molecule has 0 saturated heterocycles. The Hall–Kier alpha value is -3.81. The summed E-state index contributed by atoms with van der Waals surface area (Å²) in [5.41, 5.74) is 3.21. The van der Waals surface area contributed by atoms with Gasteiger partial charge in [-0.05, 0) is 36.6 Å². The van der Waals surface area contributed by atoms with Crippen LogP contribution in [-0.2, 0) is 40.6 Å². The largest absolute Gasteiger partial charge is 0.446 e. The van der Waals surface area contributed by atoms with Gasteiger partial charge >= 0.3 is 5.97 Å². The van der Waals surface area contributed by atoms with Gasteiger partial charge in [-0.1, -0.05) is 42.2 Å². The summed E-state index contributed by atoms with van der Waals surface area (Å²) in [5, 5.41) is -1.91. The first-order valence-electron chi connectivity index (χ1n) is 11.4. The Labute approximate surface area is 208 Å². The van der Waals surface area contributed by atoms with E-state index in [1.165, 1.54) is 0 Å². The SMILES string of the molecule is O=C(CCCCC(=O)N1Cc2ccccc2C#Cc2ccccc21)OC1C(=O)C[C@H](S(=O)(=O)O)C1=O. The first-order valence-corrected chi connectivity index (χ1v) is 12.9. The maximum atomic E-state index is 13.2. The van der Waals surface area contributed by atoms with Crippen LogP contribution < -0.4 is 4.90 Å². The molecule has 0 radical (unpaired) electrons. The van der Waals surface area contributed by atoms with Gasteiger partial charge in [0.2, 0.25) is 17.8 Å². The Morgan fingerprint density at radius 3 is 2.33 bits per heavy atom. The van der Waals surface area contributed by atoms with Crippen LogP contribution in [0.25, 0.3) is 0 Å². The molecule has 1 aliphatic carbocycles. The van der Waals surface area contributed by atoms with E-state index in [1.807, 2.05) is 48.5 Å². The molecular weight excluding hydrogens is 486 g/mol. The number of rotatable bonds is 7. The van der Waals surface area contributed by atoms with Crippen LogP contribution in [0.15, 0.2) is 48.5 Å². The number of anilines is 1. The van der Waals surface area contributed by atoms with Gasteiger partial charge in [-0.2, -0.15) is 8.42 Å². The molecule has 0 bridgehead atoms. The van der Waals surface area contributed by atoms with Crippen molar-refractivity contribution in [3.05, 3.63) is 65.2 Å². The summed E-state index contributed by atoms with van der Waals surface area (Å²) in [6.07, 6.45) is -1.97. The van der Waals surface area contributed by atoms with Crippen molar-refractivity contribution in [2.45, 2.75) is 50.0 Å². The van der Waals surface area contributed by atoms with Crippen molar-refractivity contribution in [1.29, 1.82) is 0 Å². The lowest BCUT2D eigenvalue weighted by atomic mass is 10.0. The molecule has 2 aromatic rings. The Balaban J connectivity index is 1.34. The maximum Gasteiger partial charge on any atom is 0.306 e. The standard InChI is InChI=1S/C26H23NO8S/c28-21-15-22(36(32,33)34)25(31)26(21)35-24(30)12-6-5-11-23(29)27-16-19-9-2-1-7-17(19)13-14-18-8-3-4-10-20(18)27/h1-4,7-10,22,26H,5-6,11-12,15-16H2,(H,32,33,34)/t22-,26?/m0/s1. The number of nitrogens with zero attached hydrogens (tertiary/aromatic N) is 1. The molecule has 1 heterocycles. The van der Waals surface area contributed by atoms with E-state index in [9.17, 15) is 27.6 Å². The molecule has 1 N–H and O–H groups in total. The number of esters is 1. The molecule has 36 heavy (non-hydrogen) atoms. The number of Topliss-reactive ketones (excluding diaryl/α,β-unsaturated/α-hetero) is 2. The number of unbranched alkanes of at least 4 members (excludes halogenated alkanes) is 1. The van der Waals surface area contributed by atoms with Gasteiger partial charge in [-0.3, -0.25) is 23.7 Å². The van der Waals surface area contributed by atoms with E-state index in [4.69, 9.17) is 9.29 Å². The average molecular weight is 510 g/mol. The highest BCUT2D eigenvalue weighted by Gasteiger charge is 2.49. The maximum absolute atomic E-state index is 13.2. The smallest absolute Gasteiger partial charge is 0.306 e. The minimum Gasteiger partial charge on any atom is -0.446 e. The van der Waals surface area contributed by atoms with E-state index < -0.39 is 45.4 Å². The molecule has 186 valence electrons. The predicted molar refractivity (Wildman–Crippen MR) is 128 cm³/mol. The topological polar surface area (TPSA) is 135 Å². The fourth-order valence-electron chi connectivity index (χ4n) is 4.17. The minimum absolute atomic E-state index is 0.142. The van der Waals surface area contributed by atoms with Gasteiger partial charge in [-0.25, -0.2) is 0 Å². The zero-order valence-corrected chi connectivity index (χ0v) is 20.0. The number of hydrogen-bond donors (Lipinski definition) is 1. The summed E-state index contributed by atoms with van der Waals surface area (Å²) >= 11 is 0. The number of hydrogen-bond acceptors (Lipinski definition) is 7.